The van der Waals surface area contributed by atoms with Crippen molar-refractivity contribution in [3.63, 3.8) is 0 Å². The maximum absolute atomic E-state index is 13.5. The summed E-state index contributed by atoms with van der Waals surface area (Å²) in [6.45, 7) is 17.3. The number of carbonyl (C=O) groups excluding carboxylic acids is 1. The zero-order chi connectivity index (χ0) is 25.8. The number of carbonyl (C=O) groups is 1. The lowest BCUT2D eigenvalue weighted by Gasteiger charge is -2.28. The van der Waals surface area contributed by atoms with E-state index in [1.807, 2.05) is 58.2 Å². The number of benzene rings is 1. The highest BCUT2D eigenvalue weighted by molar-refractivity contribution is 9.08. The molecule has 0 amide bonds. The second-order valence-electron chi connectivity index (χ2n) is 11.3. The monoisotopic (exact) mass is 535 g/mol. The molecule has 34 heavy (non-hydrogen) atoms. The van der Waals surface area contributed by atoms with Gasteiger partial charge in [-0.2, -0.15) is 4.02 Å². The Morgan fingerprint density at radius 3 is 2.00 bits per heavy atom. The Kier molecular flexibility index (Phi) is 9.39. The first-order valence-electron chi connectivity index (χ1n) is 12.2. The minimum absolute atomic E-state index is 0.0694. The van der Waals surface area contributed by atoms with E-state index in [0.29, 0.717) is 17.1 Å². The highest BCUT2D eigenvalue weighted by Crippen LogP contribution is 2.39. The van der Waals surface area contributed by atoms with Gasteiger partial charge in [-0.25, -0.2) is 0 Å². The minimum atomic E-state index is -0.313. The fourth-order valence-corrected chi connectivity index (χ4v) is 4.76. The molecule has 1 heterocycles. The van der Waals surface area contributed by atoms with Crippen LogP contribution in [0.3, 0.4) is 0 Å². The van der Waals surface area contributed by atoms with Crippen LogP contribution in [0.25, 0.3) is 0 Å². The zero-order valence-electron chi connectivity index (χ0n) is 22.1. The number of Topliss-reactive ketones (excluding diaryl/α,β-unsaturated/α-hetero) is 1. The maximum Gasteiger partial charge on any atom is 0.217 e. The van der Waals surface area contributed by atoms with Gasteiger partial charge in [0.05, 0.1) is 35.0 Å². The number of halogens is 1. The SMILES string of the molecule is CCC(CC)CCn1c(CO)cn(CC(=O)c2cc(C(C)(C)C)c(O)c(C(C)(C)C)c2)c1=NBr. The first-order chi connectivity index (χ1) is 15.8. The Bertz CT molecular complexity index is 1030. The van der Waals surface area contributed by atoms with Crippen LogP contribution < -0.4 is 5.62 Å². The average Bonchev–Trinajstić information content (AvgIpc) is 3.08. The molecule has 2 rings (SSSR count). The van der Waals surface area contributed by atoms with E-state index < -0.39 is 0 Å². The summed E-state index contributed by atoms with van der Waals surface area (Å²) in [5.74, 6) is 0.798. The van der Waals surface area contributed by atoms with E-state index in [1.54, 1.807) is 10.8 Å². The van der Waals surface area contributed by atoms with E-state index in [9.17, 15) is 15.0 Å². The molecule has 190 valence electrons. The summed E-state index contributed by atoms with van der Waals surface area (Å²) >= 11 is 3.23. The normalized spacial score (nSPS) is 13.2. The molecule has 2 N–H and O–H groups in total. The van der Waals surface area contributed by atoms with E-state index in [4.69, 9.17) is 0 Å². The van der Waals surface area contributed by atoms with Crippen LogP contribution in [-0.4, -0.2) is 25.1 Å². The summed E-state index contributed by atoms with van der Waals surface area (Å²) in [6.07, 6.45) is 5.01. The second kappa shape index (κ2) is 11.3. The van der Waals surface area contributed by atoms with Crippen LogP contribution in [0.15, 0.2) is 22.3 Å². The smallest absolute Gasteiger partial charge is 0.217 e. The predicted octanol–water partition coefficient (Wildman–Crippen LogP) is 6.00. The zero-order valence-corrected chi connectivity index (χ0v) is 23.7. The molecule has 0 radical (unpaired) electrons. The van der Waals surface area contributed by atoms with E-state index >= 15 is 0 Å². The van der Waals surface area contributed by atoms with Crippen LogP contribution in [0.2, 0.25) is 0 Å². The van der Waals surface area contributed by atoms with Crippen molar-refractivity contribution in [1.82, 2.24) is 9.13 Å². The molecule has 7 heteroatoms. The average molecular weight is 537 g/mol. The third kappa shape index (κ3) is 6.42. The molecule has 2 aromatic rings. The van der Waals surface area contributed by atoms with Crippen molar-refractivity contribution in [3.05, 3.63) is 46.3 Å². The number of nitrogens with zero attached hydrogens (tertiary/aromatic N) is 3. The van der Waals surface area contributed by atoms with Gasteiger partial charge in [0.25, 0.3) is 0 Å². The first kappa shape index (κ1) is 28.4. The molecule has 0 saturated carbocycles. The maximum atomic E-state index is 13.5. The molecule has 0 aliphatic carbocycles. The molecule has 0 atom stereocenters. The fraction of sp³-hybridized carbons (Fsp3) is 0.630. The van der Waals surface area contributed by atoms with Crippen molar-refractivity contribution in [3.8, 4) is 5.75 Å². The van der Waals surface area contributed by atoms with Crippen molar-refractivity contribution in [1.29, 1.82) is 0 Å². The Morgan fingerprint density at radius 2 is 1.59 bits per heavy atom. The summed E-state index contributed by atoms with van der Waals surface area (Å²) in [6, 6.07) is 3.63. The number of aromatic hydroxyl groups is 1. The van der Waals surface area contributed by atoms with Crippen LogP contribution in [0.1, 0.15) is 102 Å². The van der Waals surface area contributed by atoms with Crippen LogP contribution in [-0.2, 0) is 30.5 Å². The summed E-state index contributed by atoms with van der Waals surface area (Å²) in [4.78, 5) is 13.5. The Balaban J connectivity index is 2.50. The molecule has 0 aliphatic rings. The van der Waals surface area contributed by atoms with Gasteiger partial charge in [0.1, 0.15) is 5.75 Å². The topological polar surface area (TPSA) is 79.8 Å². The van der Waals surface area contributed by atoms with Gasteiger partial charge in [-0.1, -0.05) is 68.2 Å². The number of imidazole rings is 1. The number of hydrogen-bond acceptors (Lipinski definition) is 4. The summed E-state index contributed by atoms with van der Waals surface area (Å²) in [7, 11) is 0. The summed E-state index contributed by atoms with van der Waals surface area (Å²) in [5.41, 5.74) is 2.80. The lowest BCUT2D eigenvalue weighted by molar-refractivity contribution is 0.0970. The lowest BCUT2D eigenvalue weighted by Crippen LogP contribution is -2.29. The number of aromatic nitrogens is 2. The van der Waals surface area contributed by atoms with Gasteiger partial charge in [-0.05, 0) is 35.3 Å². The fourth-order valence-electron chi connectivity index (χ4n) is 4.36. The van der Waals surface area contributed by atoms with Gasteiger partial charge in [-0.3, -0.25) is 4.79 Å². The molecule has 0 aliphatic heterocycles. The highest BCUT2D eigenvalue weighted by atomic mass is 79.9. The van der Waals surface area contributed by atoms with Gasteiger partial charge < -0.3 is 19.3 Å². The molecule has 0 unspecified atom stereocenters. The predicted molar refractivity (Wildman–Crippen MR) is 141 cm³/mol. The number of aliphatic hydroxyl groups excluding tert-OH is 1. The van der Waals surface area contributed by atoms with Gasteiger partial charge in [0, 0.05) is 29.4 Å². The van der Waals surface area contributed by atoms with Gasteiger partial charge in [0.15, 0.2) is 5.78 Å². The van der Waals surface area contributed by atoms with Crippen molar-refractivity contribution in [2.75, 3.05) is 0 Å². The summed E-state index contributed by atoms with van der Waals surface area (Å²) < 4.78 is 8.05. The van der Waals surface area contributed by atoms with Crippen LogP contribution >= 0.6 is 16.1 Å². The number of phenols is 1. The third-order valence-corrected chi connectivity index (χ3v) is 6.98. The standard InChI is InChI=1S/C27H42BrN3O3/c1-9-18(10-2)11-12-31-20(17-32)15-30(25(31)29-28)16-23(33)19-13-21(26(3,4)5)24(34)22(14-19)27(6,7)8/h13-15,18,32,34H,9-12,16-17H2,1-8H3. The molecule has 6 nitrogen and oxygen atoms in total. The molecular weight excluding hydrogens is 494 g/mol. The van der Waals surface area contributed by atoms with E-state index in [2.05, 4.69) is 34.0 Å². The molecule has 0 saturated heterocycles. The Hall–Kier alpha value is -1.86. The Morgan fingerprint density at radius 1 is 1.06 bits per heavy atom. The Labute approximate surface area is 213 Å². The van der Waals surface area contributed by atoms with Crippen molar-refractivity contribution in [2.45, 2.75) is 105 Å². The van der Waals surface area contributed by atoms with Crippen molar-refractivity contribution in [2.24, 2.45) is 9.94 Å². The lowest BCUT2D eigenvalue weighted by atomic mass is 9.78. The number of aliphatic hydroxyl groups is 1. The summed E-state index contributed by atoms with van der Waals surface area (Å²) in [5, 5.41) is 20.9. The molecule has 0 spiro atoms. The van der Waals surface area contributed by atoms with E-state index in [-0.39, 0.29) is 35.5 Å². The second-order valence-corrected chi connectivity index (χ2v) is 11.6. The molecule has 0 bridgehead atoms. The quantitative estimate of drug-likeness (QED) is 0.386. The van der Waals surface area contributed by atoms with Gasteiger partial charge in [-0.15, -0.1) is 0 Å². The van der Waals surface area contributed by atoms with E-state index in [0.717, 1.165) is 42.6 Å². The van der Waals surface area contributed by atoms with E-state index in [1.165, 1.54) is 0 Å². The van der Waals surface area contributed by atoms with Gasteiger partial charge >= 0.3 is 0 Å². The third-order valence-electron chi connectivity index (χ3n) is 6.66. The van der Waals surface area contributed by atoms with Gasteiger partial charge in [0.2, 0.25) is 5.62 Å². The minimum Gasteiger partial charge on any atom is -0.507 e. The first-order valence-corrected chi connectivity index (χ1v) is 12.9. The van der Waals surface area contributed by atoms with Crippen LogP contribution in [0.4, 0.5) is 0 Å². The number of ketones is 1. The molecular formula is C27H42BrN3O3. The number of hydrogen-bond donors (Lipinski definition) is 2. The molecule has 0 fully saturated rings. The van der Waals surface area contributed by atoms with Crippen LogP contribution in [0.5, 0.6) is 5.75 Å². The number of rotatable bonds is 9. The van der Waals surface area contributed by atoms with Crippen LogP contribution in [0, 0.1) is 5.92 Å². The molecule has 1 aromatic carbocycles. The van der Waals surface area contributed by atoms with Crippen molar-refractivity contribution < 1.29 is 15.0 Å². The van der Waals surface area contributed by atoms with Crippen molar-refractivity contribution >= 4 is 21.9 Å². The number of phenolic OH excluding ortho intramolecular Hbond substituents is 1. The highest BCUT2D eigenvalue weighted by Gasteiger charge is 2.28. The molecule has 1 aromatic heterocycles. The largest absolute Gasteiger partial charge is 0.507 e.